The van der Waals surface area contributed by atoms with Gasteiger partial charge in [-0.2, -0.15) is 5.10 Å². The molecule has 38 heavy (non-hydrogen) atoms. The van der Waals surface area contributed by atoms with Gasteiger partial charge in [-0.05, 0) is 37.1 Å². The van der Waals surface area contributed by atoms with Gasteiger partial charge in [-0.25, -0.2) is 15.0 Å². The summed E-state index contributed by atoms with van der Waals surface area (Å²) in [4.78, 5) is 34.3. The fourth-order valence-corrected chi connectivity index (χ4v) is 5.19. The summed E-state index contributed by atoms with van der Waals surface area (Å²) in [6.45, 7) is 0. The van der Waals surface area contributed by atoms with Crippen molar-refractivity contribution in [1.29, 1.82) is 0 Å². The van der Waals surface area contributed by atoms with Crippen LogP contribution in [-0.4, -0.2) is 41.0 Å². The Morgan fingerprint density at radius 3 is 2.74 bits per heavy atom. The van der Waals surface area contributed by atoms with Crippen LogP contribution in [0.2, 0.25) is 0 Å². The molecule has 0 spiro atoms. The summed E-state index contributed by atoms with van der Waals surface area (Å²) in [5.41, 5.74) is 6.90. The van der Waals surface area contributed by atoms with Gasteiger partial charge in [0.15, 0.2) is 17.1 Å². The average Bonchev–Trinajstić information content (AvgIpc) is 3.73. The van der Waals surface area contributed by atoms with Gasteiger partial charge in [0.25, 0.3) is 0 Å². The van der Waals surface area contributed by atoms with Crippen LogP contribution in [0, 0.1) is 5.92 Å². The first-order valence-electron chi connectivity index (χ1n) is 12.7. The lowest BCUT2D eigenvalue weighted by atomic mass is 9.88. The number of carbonyl (C=O) groups is 1. The van der Waals surface area contributed by atoms with Crippen molar-refractivity contribution in [3.8, 4) is 33.8 Å². The number of imidazole rings is 1. The van der Waals surface area contributed by atoms with Crippen LogP contribution in [0.1, 0.15) is 32.1 Å². The van der Waals surface area contributed by atoms with Gasteiger partial charge in [0.1, 0.15) is 11.2 Å². The molecule has 1 fully saturated rings. The molecule has 10 heteroatoms. The number of aromatic nitrogens is 7. The highest BCUT2D eigenvalue weighted by molar-refractivity contribution is 5.96. The number of furan rings is 1. The molecule has 188 valence electrons. The number of carbonyl (C=O) groups excluding carboxylic acids is 1. The van der Waals surface area contributed by atoms with Gasteiger partial charge in [-0.15, -0.1) is 0 Å². The largest absolute Gasteiger partial charge is 0.472 e. The van der Waals surface area contributed by atoms with Crippen molar-refractivity contribution in [2.45, 2.75) is 32.1 Å². The third kappa shape index (κ3) is 4.00. The van der Waals surface area contributed by atoms with Crippen molar-refractivity contribution in [3.05, 3.63) is 61.6 Å². The van der Waals surface area contributed by atoms with Gasteiger partial charge in [-0.1, -0.05) is 19.3 Å². The van der Waals surface area contributed by atoms with Crippen molar-refractivity contribution >= 4 is 33.8 Å². The molecule has 6 heterocycles. The average molecular weight is 505 g/mol. The molecule has 6 aromatic rings. The molecule has 7 rings (SSSR count). The molecule has 0 saturated heterocycles. The molecule has 0 aromatic carbocycles. The summed E-state index contributed by atoms with van der Waals surface area (Å²) < 4.78 is 5.26. The molecule has 0 unspecified atom stereocenters. The Hall–Kier alpha value is -4.86. The summed E-state index contributed by atoms with van der Waals surface area (Å²) in [6.07, 6.45) is 15.6. The van der Waals surface area contributed by atoms with Crippen LogP contribution in [0.3, 0.4) is 0 Å². The molecule has 0 bridgehead atoms. The van der Waals surface area contributed by atoms with Gasteiger partial charge in [0, 0.05) is 46.8 Å². The lowest BCUT2D eigenvalue weighted by molar-refractivity contribution is -0.120. The number of pyridine rings is 3. The second-order valence-corrected chi connectivity index (χ2v) is 9.63. The van der Waals surface area contributed by atoms with Crippen LogP contribution < -0.4 is 5.32 Å². The molecular weight excluding hydrogens is 480 g/mol. The molecule has 1 saturated carbocycles. The molecule has 1 aliphatic rings. The maximum Gasteiger partial charge on any atom is 0.227 e. The Labute approximate surface area is 217 Å². The number of hydrogen-bond acceptors (Lipinski definition) is 7. The minimum Gasteiger partial charge on any atom is -0.472 e. The molecule has 0 atom stereocenters. The molecule has 0 aliphatic heterocycles. The Morgan fingerprint density at radius 2 is 1.87 bits per heavy atom. The first-order valence-corrected chi connectivity index (χ1v) is 12.7. The third-order valence-electron chi connectivity index (χ3n) is 7.17. The topological polar surface area (TPSA) is 138 Å². The van der Waals surface area contributed by atoms with Gasteiger partial charge in [-0.3, -0.25) is 14.9 Å². The van der Waals surface area contributed by atoms with Crippen molar-refractivity contribution < 1.29 is 9.21 Å². The van der Waals surface area contributed by atoms with E-state index < -0.39 is 0 Å². The zero-order valence-electron chi connectivity index (χ0n) is 20.4. The highest BCUT2D eigenvalue weighted by atomic mass is 16.3. The quantitative estimate of drug-likeness (QED) is 0.272. The summed E-state index contributed by atoms with van der Waals surface area (Å²) in [7, 11) is 0. The number of nitrogens with zero attached hydrogens (tertiary/aromatic N) is 5. The predicted octanol–water partition coefficient (Wildman–Crippen LogP) is 5.74. The third-order valence-corrected chi connectivity index (χ3v) is 7.17. The van der Waals surface area contributed by atoms with Crippen molar-refractivity contribution in [2.75, 3.05) is 5.32 Å². The molecule has 1 amide bonds. The number of hydrogen-bond donors (Lipinski definition) is 3. The van der Waals surface area contributed by atoms with E-state index in [-0.39, 0.29) is 11.8 Å². The van der Waals surface area contributed by atoms with Gasteiger partial charge < -0.3 is 14.7 Å². The van der Waals surface area contributed by atoms with E-state index in [0.29, 0.717) is 28.5 Å². The van der Waals surface area contributed by atoms with Gasteiger partial charge >= 0.3 is 0 Å². The molecule has 0 radical (unpaired) electrons. The van der Waals surface area contributed by atoms with Crippen LogP contribution in [0.5, 0.6) is 0 Å². The van der Waals surface area contributed by atoms with Crippen molar-refractivity contribution in [2.24, 2.45) is 5.92 Å². The Kier molecular flexibility index (Phi) is 5.42. The SMILES string of the molecule is O=C(Nc1cncc(-c2cnc3[nH]nc(-c4nc5c(-c6ccoc6)ccnc5[nH]4)c3c2)c1)C1CCCCC1. The highest BCUT2D eigenvalue weighted by Crippen LogP contribution is 2.32. The van der Waals surface area contributed by atoms with Crippen LogP contribution in [0.25, 0.3) is 56.0 Å². The minimum atomic E-state index is 0.0719. The van der Waals surface area contributed by atoms with Gasteiger partial charge in [0.05, 0.1) is 29.8 Å². The first kappa shape index (κ1) is 22.3. The summed E-state index contributed by atoms with van der Waals surface area (Å²) in [5.74, 6) is 0.731. The number of amides is 1. The monoisotopic (exact) mass is 504 g/mol. The van der Waals surface area contributed by atoms with E-state index in [1.807, 2.05) is 24.3 Å². The maximum atomic E-state index is 12.7. The van der Waals surface area contributed by atoms with E-state index in [0.717, 1.165) is 58.8 Å². The van der Waals surface area contributed by atoms with Crippen LogP contribution in [0.4, 0.5) is 5.69 Å². The Bertz CT molecular complexity index is 1760. The number of H-pyrrole nitrogens is 2. The van der Waals surface area contributed by atoms with Crippen LogP contribution in [-0.2, 0) is 4.79 Å². The predicted molar refractivity (Wildman–Crippen MR) is 143 cm³/mol. The lowest BCUT2D eigenvalue weighted by Gasteiger charge is -2.20. The van der Waals surface area contributed by atoms with E-state index in [1.54, 1.807) is 37.3 Å². The fraction of sp³-hybridized carbons (Fsp3) is 0.214. The first-order chi connectivity index (χ1) is 18.7. The number of anilines is 1. The number of fused-ring (bicyclic) bond motifs is 2. The number of aromatic amines is 2. The second kappa shape index (κ2) is 9.22. The number of nitrogens with one attached hydrogen (secondary N) is 3. The van der Waals surface area contributed by atoms with E-state index in [2.05, 4.69) is 35.5 Å². The minimum absolute atomic E-state index is 0.0719. The standard InChI is InChI=1S/C28H24N8O2/c37-28(16-4-2-1-3-5-16)32-20-10-18(12-29-14-20)19-11-22-24(35-36-25(22)31-13-19)27-33-23-21(17-7-9-38-15-17)6-8-30-26(23)34-27/h6-16H,1-5H2,(H,32,37)(H,30,33,34)(H,31,35,36). The summed E-state index contributed by atoms with van der Waals surface area (Å²) in [5, 5.41) is 11.4. The maximum absolute atomic E-state index is 12.7. The van der Waals surface area contributed by atoms with Gasteiger partial charge in [0.2, 0.25) is 5.91 Å². The Balaban J connectivity index is 1.23. The summed E-state index contributed by atoms with van der Waals surface area (Å²) >= 11 is 0. The molecule has 1 aliphatic carbocycles. The van der Waals surface area contributed by atoms with Crippen LogP contribution >= 0.6 is 0 Å². The normalized spacial score (nSPS) is 14.3. The molecule has 3 N–H and O–H groups in total. The van der Waals surface area contributed by atoms with E-state index in [4.69, 9.17) is 9.40 Å². The zero-order chi connectivity index (χ0) is 25.5. The van der Waals surface area contributed by atoms with Crippen molar-refractivity contribution in [1.82, 2.24) is 35.1 Å². The van der Waals surface area contributed by atoms with E-state index >= 15 is 0 Å². The second-order valence-electron chi connectivity index (χ2n) is 9.63. The Morgan fingerprint density at radius 1 is 0.974 bits per heavy atom. The van der Waals surface area contributed by atoms with Crippen molar-refractivity contribution in [3.63, 3.8) is 0 Å². The molecular formula is C28H24N8O2. The van der Waals surface area contributed by atoms with E-state index in [9.17, 15) is 4.79 Å². The van der Waals surface area contributed by atoms with E-state index in [1.165, 1.54) is 6.42 Å². The van der Waals surface area contributed by atoms with Crippen LogP contribution in [0.15, 0.2) is 66.0 Å². The smallest absolute Gasteiger partial charge is 0.227 e. The highest BCUT2D eigenvalue weighted by Gasteiger charge is 2.21. The fourth-order valence-electron chi connectivity index (χ4n) is 5.19. The lowest BCUT2D eigenvalue weighted by Crippen LogP contribution is -2.24. The molecule has 6 aromatic heterocycles. The zero-order valence-corrected chi connectivity index (χ0v) is 20.4. The number of rotatable bonds is 5. The molecule has 10 nitrogen and oxygen atoms in total. The summed E-state index contributed by atoms with van der Waals surface area (Å²) in [6, 6.07) is 7.73.